The first-order valence-electron chi connectivity index (χ1n) is 11.4. The normalized spacial score (nSPS) is 14.6. The number of imide groups is 1. The topological polar surface area (TPSA) is 138 Å². The second-order valence-electron chi connectivity index (χ2n) is 8.62. The van der Waals surface area contributed by atoms with Crippen LogP contribution in [-0.4, -0.2) is 35.5 Å². The molecule has 0 aliphatic carbocycles. The number of fused-ring (bicyclic) bond motifs is 2. The summed E-state index contributed by atoms with van der Waals surface area (Å²) in [6, 6.07) is 13.4. The van der Waals surface area contributed by atoms with Crippen molar-refractivity contribution >= 4 is 56.6 Å². The lowest BCUT2D eigenvalue weighted by Crippen LogP contribution is -2.25. The average Bonchev–Trinajstić information content (AvgIpc) is 3.39. The summed E-state index contributed by atoms with van der Waals surface area (Å²) < 4.78 is 17.8. The molecule has 6 rings (SSSR count). The molecule has 3 aromatic heterocycles. The quantitative estimate of drug-likeness (QED) is 0.339. The van der Waals surface area contributed by atoms with E-state index < -0.39 is 17.0 Å². The summed E-state index contributed by atoms with van der Waals surface area (Å²) in [5.74, 6) is -0.972. The van der Waals surface area contributed by atoms with Crippen LogP contribution in [0.1, 0.15) is 17.0 Å². The van der Waals surface area contributed by atoms with Gasteiger partial charge in [-0.3, -0.25) is 24.3 Å². The van der Waals surface area contributed by atoms with Crippen LogP contribution in [0.2, 0.25) is 0 Å². The molecule has 2 amide bonds. The molecule has 0 bridgehead atoms. The molecule has 12 heteroatoms. The molecule has 2 aromatic carbocycles. The highest BCUT2D eigenvalue weighted by atomic mass is 32.2. The number of aromatic nitrogens is 5. The van der Waals surface area contributed by atoms with Crippen molar-refractivity contribution in [2.24, 2.45) is 0 Å². The van der Waals surface area contributed by atoms with E-state index in [9.17, 15) is 18.8 Å². The van der Waals surface area contributed by atoms with Crippen LogP contribution in [0.25, 0.3) is 33.6 Å². The number of hydrogen-bond donors (Lipinski definition) is 2. The van der Waals surface area contributed by atoms with Gasteiger partial charge in [-0.05, 0) is 53.9 Å². The molecule has 0 atom stereocenters. The van der Waals surface area contributed by atoms with Gasteiger partial charge in [0.2, 0.25) is 0 Å². The van der Waals surface area contributed by atoms with E-state index in [4.69, 9.17) is 5.73 Å². The molecule has 0 radical (unpaired) electrons. The fourth-order valence-electron chi connectivity index (χ4n) is 4.57. The van der Waals surface area contributed by atoms with Gasteiger partial charge in [0, 0.05) is 5.69 Å². The number of carbonyl (C=O) groups excluding carboxylic acids is 2. The van der Waals surface area contributed by atoms with E-state index in [0.717, 1.165) is 17.3 Å². The van der Waals surface area contributed by atoms with Gasteiger partial charge in [-0.2, -0.15) is 5.10 Å². The number of benzene rings is 2. The van der Waals surface area contributed by atoms with E-state index in [-0.39, 0.29) is 34.2 Å². The van der Waals surface area contributed by atoms with Crippen molar-refractivity contribution in [1.29, 1.82) is 0 Å². The van der Waals surface area contributed by atoms with Gasteiger partial charge >= 0.3 is 0 Å². The minimum Gasteiger partial charge on any atom is -0.383 e. The molecule has 5 aromatic rings. The Balaban J connectivity index is 1.59. The largest absolute Gasteiger partial charge is 0.383 e. The Labute approximate surface area is 218 Å². The van der Waals surface area contributed by atoms with Gasteiger partial charge in [0.25, 0.3) is 16.7 Å². The van der Waals surface area contributed by atoms with Crippen molar-refractivity contribution in [3.8, 4) is 5.69 Å². The maximum Gasteiger partial charge on any atom is 0.290 e. The molecule has 38 heavy (non-hydrogen) atoms. The summed E-state index contributed by atoms with van der Waals surface area (Å²) in [6.45, 7) is 1.85. The summed E-state index contributed by atoms with van der Waals surface area (Å²) in [6.07, 6.45) is 2.72. The minimum atomic E-state index is -0.556. The number of nitrogens with zero attached hydrogens (tertiary/aromatic N) is 5. The van der Waals surface area contributed by atoms with Gasteiger partial charge in [-0.25, -0.2) is 19.0 Å². The molecule has 4 heterocycles. The number of hydrogen-bond acceptors (Lipinski definition) is 8. The zero-order valence-electron chi connectivity index (χ0n) is 19.8. The highest BCUT2D eigenvalue weighted by Crippen LogP contribution is 2.30. The third kappa shape index (κ3) is 3.82. The Kier molecular flexibility index (Phi) is 5.53. The fourth-order valence-corrected chi connectivity index (χ4v) is 5.23. The number of anilines is 1. The number of amides is 2. The van der Waals surface area contributed by atoms with Crippen molar-refractivity contribution in [3.63, 3.8) is 0 Å². The number of para-hydroxylation sites is 1. The molecule has 0 saturated carbocycles. The van der Waals surface area contributed by atoms with Gasteiger partial charge < -0.3 is 5.73 Å². The van der Waals surface area contributed by atoms with Crippen LogP contribution in [0.3, 0.4) is 0 Å². The number of carbonyl (C=O) groups is 2. The van der Waals surface area contributed by atoms with Gasteiger partial charge in [0.1, 0.15) is 18.0 Å². The smallest absolute Gasteiger partial charge is 0.290 e. The zero-order chi connectivity index (χ0) is 26.6. The lowest BCUT2D eigenvalue weighted by atomic mass is 10.1. The van der Waals surface area contributed by atoms with Crippen molar-refractivity contribution < 1.29 is 14.0 Å². The van der Waals surface area contributed by atoms with E-state index in [2.05, 4.69) is 20.4 Å². The lowest BCUT2D eigenvalue weighted by molar-refractivity contribution is -0.115. The maximum absolute atomic E-state index is 15.0. The van der Waals surface area contributed by atoms with Crippen LogP contribution < -0.4 is 16.6 Å². The predicted molar refractivity (Wildman–Crippen MR) is 142 cm³/mol. The molecular weight excluding hydrogens is 509 g/mol. The molecule has 1 fully saturated rings. The Morgan fingerprint density at radius 2 is 1.89 bits per heavy atom. The molecule has 188 valence electrons. The van der Waals surface area contributed by atoms with E-state index >= 15 is 0 Å². The number of aryl methyl sites for hydroxylation is 1. The van der Waals surface area contributed by atoms with E-state index in [1.54, 1.807) is 12.1 Å². The Morgan fingerprint density at radius 1 is 1.08 bits per heavy atom. The molecule has 1 aliphatic heterocycles. The maximum atomic E-state index is 15.0. The summed E-state index contributed by atoms with van der Waals surface area (Å²) in [5.41, 5.74) is 7.71. The van der Waals surface area contributed by atoms with Crippen molar-refractivity contribution in [3.05, 3.63) is 92.9 Å². The molecule has 10 nitrogen and oxygen atoms in total. The molecule has 0 spiro atoms. The molecule has 0 unspecified atom stereocenters. The summed E-state index contributed by atoms with van der Waals surface area (Å²) in [5, 5.41) is 7.87. The van der Waals surface area contributed by atoms with Crippen LogP contribution in [-0.2, 0) is 11.3 Å². The first-order chi connectivity index (χ1) is 18.3. The standard InChI is InChI=1S/C26H18FN7O3S/c1-13-5-4-6-14-9-15(34(25(36)20(13)14)18-8-3-2-7-16(18)27)11-33-23-21(22(28)29-12-30-23)17(32-33)10-19-24(35)31-26(37)38-19/h2-10,12H,11H2,1H3,(H2,28,29,30)(H,31,35,37). The number of pyridine rings is 1. The second-order valence-corrected chi connectivity index (χ2v) is 9.63. The van der Waals surface area contributed by atoms with Gasteiger partial charge in [0.15, 0.2) is 5.65 Å². The Morgan fingerprint density at radius 3 is 2.66 bits per heavy atom. The predicted octanol–water partition coefficient (Wildman–Crippen LogP) is 3.53. The SMILES string of the molecule is Cc1cccc2cc(Cn3nc(C=C4SC(=O)NC4=O)c4c(N)ncnc43)n(-c3ccccc3F)c(=O)c12. The number of halogens is 1. The summed E-state index contributed by atoms with van der Waals surface area (Å²) >= 11 is 0.746. The third-order valence-corrected chi connectivity index (χ3v) is 7.04. The van der Waals surface area contributed by atoms with E-state index in [1.807, 2.05) is 31.2 Å². The molecule has 1 aliphatic rings. The second kappa shape index (κ2) is 8.92. The van der Waals surface area contributed by atoms with Crippen molar-refractivity contribution in [1.82, 2.24) is 29.6 Å². The minimum absolute atomic E-state index is 0.0157. The monoisotopic (exact) mass is 527 g/mol. The van der Waals surface area contributed by atoms with Gasteiger partial charge in [-0.1, -0.05) is 30.3 Å². The highest BCUT2D eigenvalue weighted by Gasteiger charge is 2.27. The van der Waals surface area contributed by atoms with Gasteiger partial charge in [-0.15, -0.1) is 0 Å². The number of thioether (sulfide) groups is 1. The van der Waals surface area contributed by atoms with Crippen LogP contribution in [0.15, 0.2) is 64.6 Å². The number of nitrogens with one attached hydrogen (secondary N) is 1. The van der Waals surface area contributed by atoms with Gasteiger partial charge in [0.05, 0.1) is 33.6 Å². The fraction of sp³-hybridized carbons (Fsp3) is 0.0769. The summed E-state index contributed by atoms with van der Waals surface area (Å²) in [4.78, 5) is 46.1. The molecular formula is C26H18FN7O3S. The summed E-state index contributed by atoms with van der Waals surface area (Å²) in [7, 11) is 0. The highest BCUT2D eigenvalue weighted by molar-refractivity contribution is 8.18. The number of rotatable bonds is 4. The van der Waals surface area contributed by atoms with Crippen molar-refractivity contribution in [2.75, 3.05) is 5.73 Å². The van der Waals surface area contributed by atoms with Crippen LogP contribution in [0, 0.1) is 12.7 Å². The van der Waals surface area contributed by atoms with Crippen LogP contribution in [0.5, 0.6) is 0 Å². The lowest BCUT2D eigenvalue weighted by Gasteiger charge is -2.16. The number of nitrogens with two attached hydrogens (primary N) is 1. The Bertz CT molecular complexity index is 1910. The van der Waals surface area contributed by atoms with Crippen LogP contribution in [0.4, 0.5) is 15.0 Å². The average molecular weight is 528 g/mol. The molecule has 1 saturated heterocycles. The first-order valence-corrected chi connectivity index (χ1v) is 12.2. The van der Waals surface area contributed by atoms with E-state index in [1.165, 1.54) is 33.8 Å². The number of nitrogen functional groups attached to an aromatic ring is 1. The third-order valence-electron chi connectivity index (χ3n) is 6.23. The van der Waals surface area contributed by atoms with Crippen molar-refractivity contribution in [2.45, 2.75) is 13.5 Å². The first kappa shape index (κ1) is 23.6. The molecule has 3 N–H and O–H groups in total. The van der Waals surface area contributed by atoms with Crippen LogP contribution >= 0.6 is 11.8 Å². The van der Waals surface area contributed by atoms with E-state index in [0.29, 0.717) is 27.5 Å². The Hall–Kier alpha value is -4.84. The zero-order valence-corrected chi connectivity index (χ0v) is 20.6.